The molecule has 3 nitrogen and oxygen atoms in total. The van der Waals surface area contributed by atoms with Crippen LogP contribution in [0.3, 0.4) is 0 Å². The van der Waals surface area contributed by atoms with Crippen LogP contribution in [0.2, 0.25) is 0 Å². The number of nitrogens with zero attached hydrogens (tertiary/aromatic N) is 2. The van der Waals surface area contributed by atoms with Crippen LogP contribution in [0.4, 0.5) is 8.78 Å². The van der Waals surface area contributed by atoms with Crippen LogP contribution in [0.25, 0.3) is 11.5 Å². The van der Waals surface area contributed by atoms with Crippen LogP contribution in [-0.2, 0) is 0 Å². The Morgan fingerprint density at radius 3 is 2.21 bits per heavy atom. The van der Waals surface area contributed by atoms with Gasteiger partial charge >= 0.3 is 0 Å². The van der Waals surface area contributed by atoms with Crippen LogP contribution in [0.15, 0.2) is 27.4 Å². The quantitative estimate of drug-likeness (QED) is 0.792. The smallest absolute Gasteiger partial charge is 0.285 e. The molecule has 14 heavy (non-hydrogen) atoms. The molecule has 0 aliphatic heterocycles. The highest BCUT2D eigenvalue weighted by Gasteiger charge is 2.09. The maximum atomic E-state index is 12.8. The molecule has 1 aromatic carbocycles. The third-order valence-corrected chi connectivity index (χ3v) is 1.83. The topological polar surface area (TPSA) is 38.9 Å². The minimum atomic E-state index is -0.686. The van der Waals surface area contributed by atoms with Crippen LogP contribution >= 0.6 is 15.9 Å². The molecule has 0 atom stereocenters. The van der Waals surface area contributed by atoms with Gasteiger partial charge in [0.15, 0.2) is 0 Å². The Morgan fingerprint density at radius 1 is 1.07 bits per heavy atom. The van der Waals surface area contributed by atoms with Crippen molar-refractivity contribution in [1.82, 2.24) is 10.2 Å². The molecule has 0 fully saturated rings. The summed E-state index contributed by atoms with van der Waals surface area (Å²) >= 11 is 2.94. The van der Waals surface area contributed by atoms with Crippen molar-refractivity contribution in [1.29, 1.82) is 0 Å². The highest BCUT2D eigenvalue weighted by molar-refractivity contribution is 9.10. The van der Waals surface area contributed by atoms with E-state index in [0.717, 1.165) is 18.2 Å². The van der Waals surface area contributed by atoms with Gasteiger partial charge in [-0.05, 0) is 12.1 Å². The average Bonchev–Trinajstić information content (AvgIpc) is 2.50. The first kappa shape index (κ1) is 9.26. The van der Waals surface area contributed by atoms with Crippen LogP contribution < -0.4 is 0 Å². The molecule has 0 unspecified atom stereocenters. The zero-order valence-electron chi connectivity index (χ0n) is 6.67. The molecule has 0 aliphatic rings. The number of hydrogen-bond donors (Lipinski definition) is 0. The summed E-state index contributed by atoms with van der Waals surface area (Å²) in [4.78, 5) is 0.164. The Bertz CT molecular complexity index is 452. The molecular formula is C8H3BrF2N2O. The first-order chi connectivity index (χ1) is 6.65. The Kier molecular flexibility index (Phi) is 2.28. The van der Waals surface area contributed by atoms with Gasteiger partial charge < -0.3 is 4.42 Å². The minimum Gasteiger partial charge on any atom is -0.411 e. The predicted octanol–water partition coefficient (Wildman–Crippen LogP) is 2.78. The molecule has 1 heterocycles. The molecule has 2 rings (SSSR count). The van der Waals surface area contributed by atoms with Gasteiger partial charge in [0.2, 0.25) is 5.89 Å². The minimum absolute atomic E-state index is 0.0651. The summed E-state index contributed by atoms with van der Waals surface area (Å²) in [5.41, 5.74) is 0.209. The molecular weight excluding hydrogens is 258 g/mol. The van der Waals surface area contributed by atoms with Gasteiger partial charge in [-0.25, -0.2) is 8.78 Å². The van der Waals surface area contributed by atoms with Crippen molar-refractivity contribution in [2.75, 3.05) is 0 Å². The van der Waals surface area contributed by atoms with Crippen molar-refractivity contribution < 1.29 is 13.2 Å². The zero-order valence-corrected chi connectivity index (χ0v) is 8.25. The van der Waals surface area contributed by atoms with E-state index in [-0.39, 0.29) is 16.3 Å². The molecule has 0 bridgehead atoms. The summed E-state index contributed by atoms with van der Waals surface area (Å²) in [6, 6.07) is 3.00. The maximum absolute atomic E-state index is 12.8. The summed E-state index contributed by atoms with van der Waals surface area (Å²) < 4.78 is 30.5. The van der Waals surface area contributed by atoms with E-state index in [0.29, 0.717) is 0 Å². The lowest BCUT2D eigenvalue weighted by Crippen LogP contribution is -1.84. The van der Waals surface area contributed by atoms with Gasteiger partial charge in [-0.1, -0.05) is 0 Å². The van der Waals surface area contributed by atoms with E-state index < -0.39 is 11.6 Å². The first-order valence-electron chi connectivity index (χ1n) is 3.60. The van der Waals surface area contributed by atoms with Crippen LogP contribution in [0, 0.1) is 11.6 Å². The molecule has 0 saturated heterocycles. The molecule has 72 valence electrons. The Balaban J connectivity index is 2.51. The Labute approximate surface area is 85.9 Å². The van der Waals surface area contributed by atoms with E-state index in [4.69, 9.17) is 4.42 Å². The van der Waals surface area contributed by atoms with Crippen molar-refractivity contribution in [2.24, 2.45) is 0 Å². The second-order valence-electron chi connectivity index (χ2n) is 2.52. The summed E-state index contributed by atoms with van der Waals surface area (Å²) in [7, 11) is 0. The number of benzene rings is 1. The lowest BCUT2D eigenvalue weighted by molar-refractivity contribution is 0.536. The van der Waals surface area contributed by atoms with Gasteiger partial charge in [0, 0.05) is 27.6 Å². The predicted molar refractivity (Wildman–Crippen MR) is 47.4 cm³/mol. The third kappa shape index (κ3) is 1.79. The number of halogens is 3. The van der Waals surface area contributed by atoms with Gasteiger partial charge in [-0.15, -0.1) is 10.2 Å². The van der Waals surface area contributed by atoms with E-state index in [1.807, 2.05) is 0 Å². The van der Waals surface area contributed by atoms with Crippen molar-refractivity contribution in [3.63, 3.8) is 0 Å². The lowest BCUT2D eigenvalue weighted by atomic mass is 10.2. The van der Waals surface area contributed by atoms with E-state index in [9.17, 15) is 8.78 Å². The molecule has 1 aromatic heterocycles. The fourth-order valence-electron chi connectivity index (χ4n) is 0.999. The molecule has 6 heteroatoms. The SMILES string of the molecule is Fc1cc(F)cc(-c2nnc(Br)o2)c1. The summed E-state index contributed by atoms with van der Waals surface area (Å²) in [6.07, 6.45) is 0. The van der Waals surface area contributed by atoms with Crippen LogP contribution in [-0.4, -0.2) is 10.2 Å². The van der Waals surface area contributed by atoms with Crippen LogP contribution in [0.1, 0.15) is 0 Å². The fourth-order valence-corrected chi connectivity index (χ4v) is 1.23. The molecule has 0 aliphatic carbocycles. The molecule has 2 aromatic rings. The fraction of sp³-hybridized carbons (Fsp3) is 0. The van der Waals surface area contributed by atoms with Gasteiger partial charge in [-0.3, -0.25) is 0 Å². The highest BCUT2D eigenvalue weighted by atomic mass is 79.9. The van der Waals surface area contributed by atoms with Crippen molar-refractivity contribution in [2.45, 2.75) is 0 Å². The van der Waals surface area contributed by atoms with E-state index >= 15 is 0 Å². The summed E-state index contributed by atoms with van der Waals surface area (Å²) in [5.74, 6) is -1.31. The number of aromatic nitrogens is 2. The first-order valence-corrected chi connectivity index (χ1v) is 4.40. The Morgan fingerprint density at radius 2 is 1.71 bits per heavy atom. The van der Waals surface area contributed by atoms with Gasteiger partial charge in [0.05, 0.1) is 0 Å². The van der Waals surface area contributed by atoms with E-state index in [2.05, 4.69) is 26.1 Å². The third-order valence-electron chi connectivity index (χ3n) is 1.51. The van der Waals surface area contributed by atoms with Crippen molar-refractivity contribution >= 4 is 15.9 Å². The molecule has 0 radical (unpaired) electrons. The monoisotopic (exact) mass is 260 g/mol. The van der Waals surface area contributed by atoms with E-state index in [1.165, 1.54) is 0 Å². The maximum Gasteiger partial charge on any atom is 0.285 e. The lowest BCUT2D eigenvalue weighted by Gasteiger charge is -1.95. The van der Waals surface area contributed by atoms with Crippen LogP contribution in [0.5, 0.6) is 0 Å². The number of rotatable bonds is 1. The van der Waals surface area contributed by atoms with Crippen molar-refractivity contribution in [3.05, 3.63) is 34.6 Å². The van der Waals surface area contributed by atoms with Gasteiger partial charge in [0.25, 0.3) is 4.80 Å². The largest absolute Gasteiger partial charge is 0.411 e. The molecule has 0 N–H and O–H groups in total. The number of hydrogen-bond acceptors (Lipinski definition) is 3. The summed E-state index contributed by atoms with van der Waals surface area (Å²) in [5, 5.41) is 7.08. The second kappa shape index (κ2) is 3.45. The highest BCUT2D eigenvalue weighted by Crippen LogP contribution is 2.21. The second-order valence-corrected chi connectivity index (χ2v) is 3.20. The Hall–Kier alpha value is -1.30. The molecule has 0 amide bonds. The van der Waals surface area contributed by atoms with Gasteiger partial charge in [0.1, 0.15) is 11.6 Å². The summed E-state index contributed by atoms with van der Waals surface area (Å²) in [6.45, 7) is 0. The normalized spacial score (nSPS) is 10.5. The van der Waals surface area contributed by atoms with Gasteiger partial charge in [-0.2, -0.15) is 0 Å². The zero-order chi connectivity index (χ0) is 10.1. The average molecular weight is 261 g/mol. The standard InChI is InChI=1S/C8H3BrF2N2O/c9-8-13-12-7(14-8)4-1-5(10)3-6(11)2-4/h1-3H. The molecule has 0 saturated carbocycles. The van der Waals surface area contributed by atoms with Crippen molar-refractivity contribution in [3.8, 4) is 11.5 Å². The van der Waals surface area contributed by atoms with E-state index in [1.54, 1.807) is 0 Å². The molecule has 0 spiro atoms.